The van der Waals surface area contributed by atoms with Crippen molar-refractivity contribution in [2.75, 3.05) is 14.2 Å². The van der Waals surface area contributed by atoms with Crippen LogP contribution in [0, 0.1) is 11.8 Å². The Morgan fingerprint density at radius 2 is 1.54 bits per heavy atom. The minimum atomic E-state index is -0.390. The van der Waals surface area contributed by atoms with Gasteiger partial charge in [0.15, 0.2) is 5.79 Å². The molecule has 3 heteroatoms. The fourth-order valence-electron chi connectivity index (χ4n) is 3.21. The lowest BCUT2D eigenvalue weighted by atomic mass is 9.81. The molecule has 0 aromatic heterocycles. The predicted octanol–water partition coefficient (Wildman–Crippen LogP) is 1.16. The molecular weight excluding hydrogens is 168 g/mol. The van der Waals surface area contributed by atoms with E-state index in [2.05, 4.69) is 0 Å². The summed E-state index contributed by atoms with van der Waals surface area (Å²) in [7, 11) is 3.43. The smallest absolute Gasteiger partial charge is 0.173 e. The minimum absolute atomic E-state index is 0.143. The molecule has 3 nitrogen and oxygen atoms in total. The van der Waals surface area contributed by atoms with Gasteiger partial charge in [-0.05, 0) is 25.7 Å². The third-order valence-corrected chi connectivity index (χ3v) is 3.75. The summed E-state index contributed by atoms with van der Waals surface area (Å²) in [5, 5.41) is 9.60. The first kappa shape index (κ1) is 9.44. The Bertz CT molecular complexity index is 173. The van der Waals surface area contributed by atoms with E-state index in [-0.39, 0.29) is 11.9 Å². The van der Waals surface area contributed by atoms with E-state index in [0.717, 1.165) is 25.7 Å². The molecule has 0 radical (unpaired) electrons. The van der Waals surface area contributed by atoms with Gasteiger partial charge in [0.25, 0.3) is 0 Å². The maximum Gasteiger partial charge on any atom is 0.173 e. The maximum atomic E-state index is 9.60. The Balaban J connectivity index is 2.21. The van der Waals surface area contributed by atoms with Gasteiger partial charge < -0.3 is 14.6 Å². The van der Waals surface area contributed by atoms with Crippen LogP contribution in [0.15, 0.2) is 0 Å². The first-order valence-corrected chi connectivity index (χ1v) is 5.01. The van der Waals surface area contributed by atoms with E-state index >= 15 is 0 Å². The molecule has 0 saturated heterocycles. The highest BCUT2D eigenvalue weighted by Crippen LogP contribution is 2.51. The number of hydrogen-bond acceptors (Lipinski definition) is 3. The number of fused-ring (bicyclic) bond motifs is 2. The second kappa shape index (κ2) is 3.23. The summed E-state index contributed by atoms with van der Waals surface area (Å²) in [6, 6.07) is 0. The third kappa shape index (κ3) is 1.22. The van der Waals surface area contributed by atoms with Crippen molar-refractivity contribution in [2.45, 2.75) is 37.6 Å². The summed E-state index contributed by atoms with van der Waals surface area (Å²) in [4.78, 5) is 0. The van der Waals surface area contributed by atoms with Crippen LogP contribution >= 0.6 is 0 Å². The van der Waals surface area contributed by atoms with E-state index in [0.29, 0.717) is 11.8 Å². The normalized spacial score (nSPS) is 42.2. The predicted molar refractivity (Wildman–Crippen MR) is 48.2 cm³/mol. The van der Waals surface area contributed by atoms with Crippen LogP contribution in [0.2, 0.25) is 0 Å². The summed E-state index contributed by atoms with van der Waals surface area (Å²) < 4.78 is 11.1. The molecule has 13 heavy (non-hydrogen) atoms. The molecule has 1 N–H and O–H groups in total. The van der Waals surface area contributed by atoms with E-state index < -0.39 is 0 Å². The van der Waals surface area contributed by atoms with Crippen molar-refractivity contribution in [3.05, 3.63) is 0 Å². The van der Waals surface area contributed by atoms with Gasteiger partial charge in [-0.25, -0.2) is 0 Å². The maximum absolute atomic E-state index is 9.60. The van der Waals surface area contributed by atoms with E-state index in [9.17, 15) is 5.11 Å². The van der Waals surface area contributed by atoms with Gasteiger partial charge in [0.2, 0.25) is 0 Å². The second-order valence-corrected chi connectivity index (χ2v) is 4.23. The molecule has 0 amide bonds. The van der Waals surface area contributed by atoms with Crippen molar-refractivity contribution in [3.63, 3.8) is 0 Å². The molecule has 2 atom stereocenters. The molecule has 0 heterocycles. The van der Waals surface area contributed by atoms with Crippen molar-refractivity contribution >= 4 is 0 Å². The van der Waals surface area contributed by atoms with Crippen LogP contribution in [0.25, 0.3) is 0 Å². The van der Waals surface area contributed by atoms with Gasteiger partial charge >= 0.3 is 0 Å². The Labute approximate surface area is 79.0 Å². The molecule has 2 bridgehead atoms. The Morgan fingerprint density at radius 3 is 1.92 bits per heavy atom. The first-order valence-electron chi connectivity index (χ1n) is 5.01. The summed E-state index contributed by atoms with van der Waals surface area (Å²) in [6.45, 7) is 0. The molecule has 2 aliphatic carbocycles. The molecule has 2 saturated carbocycles. The largest absolute Gasteiger partial charge is 0.393 e. The minimum Gasteiger partial charge on any atom is -0.393 e. The summed E-state index contributed by atoms with van der Waals surface area (Å²) in [5.41, 5.74) is 0. The van der Waals surface area contributed by atoms with Crippen LogP contribution < -0.4 is 0 Å². The van der Waals surface area contributed by atoms with E-state index in [1.54, 1.807) is 14.2 Å². The summed E-state index contributed by atoms with van der Waals surface area (Å²) in [6.07, 6.45) is 3.78. The van der Waals surface area contributed by atoms with Crippen LogP contribution in [0.1, 0.15) is 25.7 Å². The highest BCUT2D eigenvalue weighted by atomic mass is 16.7. The van der Waals surface area contributed by atoms with Gasteiger partial charge in [0, 0.05) is 26.1 Å². The van der Waals surface area contributed by atoms with Crippen LogP contribution in [-0.4, -0.2) is 31.2 Å². The standard InChI is InChI=1S/C10H18O3/c1-12-10(13-2)7-3-4-8(10)6-9(11)5-7/h7-9,11H,3-6H2,1-2H3. The molecule has 2 aliphatic rings. The zero-order chi connectivity index (χ0) is 9.47. The number of aliphatic hydroxyl groups excluding tert-OH is 1. The number of methoxy groups -OCH3 is 2. The Kier molecular flexibility index (Phi) is 2.34. The lowest BCUT2D eigenvalue weighted by Gasteiger charge is -2.42. The molecule has 0 spiro atoms. The lowest BCUT2D eigenvalue weighted by molar-refractivity contribution is -0.272. The number of ether oxygens (including phenoxy) is 2. The van der Waals surface area contributed by atoms with Gasteiger partial charge in [-0.2, -0.15) is 0 Å². The Morgan fingerprint density at radius 1 is 1.08 bits per heavy atom. The fraction of sp³-hybridized carbons (Fsp3) is 1.00. The zero-order valence-electron chi connectivity index (χ0n) is 8.32. The molecule has 2 fully saturated rings. The zero-order valence-corrected chi connectivity index (χ0v) is 8.32. The van der Waals surface area contributed by atoms with Crippen LogP contribution in [0.4, 0.5) is 0 Å². The number of rotatable bonds is 2. The second-order valence-electron chi connectivity index (χ2n) is 4.23. The molecule has 0 aromatic carbocycles. The van der Waals surface area contributed by atoms with Gasteiger partial charge in [0.1, 0.15) is 0 Å². The topological polar surface area (TPSA) is 38.7 Å². The summed E-state index contributed by atoms with van der Waals surface area (Å²) in [5.74, 6) is 0.381. The Hall–Kier alpha value is -0.120. The van der Waals surface area contributed by atoms with Crippen molar-refractivity contribution in [1.29, 1.82) is 0 Å². The summed E-state index contributed by atoms with van der Waals surface area (Å²) >= 11 is 0. The van der Waals surface area contributed by atoms with Gasteiger partial charge in [0.05, 0.1) is 6.10 Å². The SMILES string of the molecule is COC1(OC)C2CCC1CC(O)C2. The molecule has 0 aromatic rings. The van der Waals surface area contributed by atoms with Crippen LogP contribution in [-0.2, 0) is 9.47 Å². The van der Waals surface area contributed by atoms with Gasteiger partial charge in [-0.1, -0.05) is 0 Å². The van der Waals surface area contributed by atoms with Gasteiger partial charge in [-0.15, -0.1) is 0 Å². The molecular formula is C10H18O3. The first-order chi connectivity index (χ1) is 6.23. The van der Waals surface area contributed by atoms with Gasteiger partial charge in [-0.3, -0.25) is 0 Å². The third-order valence-electron chi connectivity index (χ3n) is 3.75. The number of hydrogen-bond donors (Lipinski definition) is 1. The van der Waals surface area contributed by atoms with E-state index in [1.807, 2.05) is 0 Å². The van der Waals surface area contributed by atoms with Crippen LogP contribution in [0.3, 0.4) is 0 Å². The molecule has 76 valence electrons. The van der Waals surface area contributed by atoms with Crippen molar-refractivity contribution in [2.24, 2.45) is 11.8 Å². The van der Waals surface area contributed by atoms with E-state index in [1.165, 1.54) is 0 Å². The van der Waals surface area contributed by atoms with E-state index in [4.69, 9.17) is 9.47 Å². The van der Waals surface area contributed by atoms with Crippen molar-refractivity contribution in [3.8, 4) is 0 Å². The molecule has 2 unspecified atom stereocenters. The van der Waals surface area contributed by atoms with Crippen LogP contribution in [0.5, 0.6) is 0 Å². The molecule has 2 rings (SSSR count). The fourth-order valence-corrected chi connectivity index (χ4v) is 3.21. The number of aliphatic hydroxyl groups is 1. The average Bonchev–Trinajstić information content (AvgIpc) is 2.31. The average molecular weight is 186 g/mol. The monoisotopic (exact) mass is 186 g/mol. The van der Waals surface area contributed by atoms with Crippen molar-refractivity contribution in [1.82, 2.24) is 0 Å². The van der Waals surface area contributed by atoms with Crippen molar-refractivity contribution < 1.29 is 14.6 Å². The highest BCUT2D eigenvalue weighted by Gasteiger charge is 2.55. The quantitative estimate of drug-likeness (QED) is 0.658. The lowest BCUT2D eigenvalue weighted by Crippen LogP contribution is -2.49. The highest BCUT2D eigenvalue weighted by molar-refractivity contribution is 4.99. The molecule has 0 aliphatic heterocycles.